The summed E-state index contributed by atoms with van der Waals surface area (Å²) in [6, 6.07) is 17.5. The second-order valence-electron chi connectivity index (χ2n) is 4.77. The van der Waals surface area contributed by atoms with Crippen LogP contribution in [0, 0.1) is 0 Å². The summed E-state index contributed by atoms with van der Waals surface area (Å²) >= 11 is 6.28. The lowest BCUT2D eigenvalue weighted by Crippen LogP contribution is -2.04. The first kappa shape index (κ1) is 13.5. The fourth-order valence-electron chi connectivity index (χ4n) is 2.30. The Morgan fingerprint density at radius 3 is 2.33 bits per heavy atom. The summed E-state index contributed by atoms with van der Waals surface area (Å²) in [5, 5.41) is 4.96. The van der Waals surface area contributed by atoms with Gasteiger partial charge in [-0.15, -0.1) is 0 Å². The van der Waals surface area contributed by atoms with Gasteiger partial charge < -0.3 is 11.5 Å². The van der Waals surface area contributed by atoms with Gasteiger partial charge in [0, 0.05) is 5.56 Å². The minimum absolute atomic E-state index is 0.320. The summed E-state index contributed by atoms with van der Waals surface area (Å²) in [7, 11) is 0. The van der Waals surface area contributed by atoms with Gasteiger partial charge in [-0.3, -0.25) is 4.68 Å². The largest absolute Gasteiger partial charge is 0.394 e. The second-order valence-corrected chi connectivity index (χ2v) is 5.18. The number of hydrogen-bond acceptors (Lipinski definition) is 3. The zero-order chi connectivity index (χ0) is 14.8. The molecule has 5 heteroatoms. The molecule has 0 saturated heterocycles. The first-order valence-electron chi connectivity index (χ1n) is 6.57. The van der Waals surface area contributed by atoms with Crippen LogP contribution < -0.4 is 11.5 Å². The molecule has 0 spiro atoms. The highest BCUT2D eigenvalue weighted by atomic mass is 35.5. The highest BCUT2D eigenvalue weighted by molar-refractivity contribution is 6.33. The van der Waals surface area contributed by atoms with Gasteiger partial charge in [-0.25, -0.2) is 0 Å². The molecule has 0 unspecified atom stereocenters. The molecular weight excluding hydrogens is 284 g/mol. The predicted octanol–water partition coefficient (Wildman–Crippen LogP) is 3.42. The van der Waals surface area contributed by atoms with Gasteiger partial charge in [-0.2, -0.15) is 5.10 Å². The van der Waals surface area contributed by atoms with Gasteiger partial charge in [0.2, 0.25) is 0 Å². The van der Waals surface area contributed by atoms with Crippen molar-refractivity contribution in [3.8, 4) is 11.3 Å². The molecule has 3 rings (SSSR count). The molecule has 1 heterocycles. The molecule has 0 amide bonds. The monoisotopic (exact) mass is 298 g/mol. The Bertz CT molecular complexity index is 765. The lowest BCUT2D eigenvalue weighted by Gasteiger charge is -2.10. The van der Waals surface area contributed by atoms with Crippen LogP contribution in [0.4, 0.5) is 11.5 Å². The van der Waals surface area contributed by atoms with Crippen molar-refractivity contribution < 1.29 is 0 Å². The van der Waals surface area contributed by atoms with E-state index in [1.54, 1.807) is 4.68 Å². The van der Waals surface area contributed by atoms with Crippen LogP contribution in [0.15, 0.2) is 54.6 Å². The number of hydrogen-bond donors (Lipinski definition) is 2. The SMILES string of the molecule is Nc1nn(Cc2ccccc2)c(-c2ccccc2Cl)c1N. The van der Waals surface area contributed by atoms with E-state index >= 15 is 0 Å². The molecule has 0 atom stereocenters. The third-order valence-corrected chi connectivity index (χ3v) is 3.65. The molecule has 21 heavy (non-hydrogen) atoms. The maximum absolute atomic E-state index is 6.28. The average Bonchev–Trinajstić information content (AvgIpc) is 2.76. The normalized spacial score (nSPS) is 10.7. The molecule has 4 N–H and O–H groups in total. The van der Waals surface area contributed by atoms with E-state index in [0.717, 1.165) is 16.8 Å². The number of anilines is 2. The standard InChI is InChI=1S/C16H15ClN4/c17-13-9-5-4-8-12(13)15-14(18)16(19)20-21(15)10-11-6-2-1-3-7-11/h1-9H,10,18H2,(H2,19,20). The zero-order valence-corrected chi connectivity index (χ0v) is 12.1. The van der Waals surface area contributed by atoms with Crippen LogP contribution in [0.25, 0.3) is 11.3 Å². The zero-order valence-electron chi connectivity index (χ0n) is 11.3. The first-order valence-corrected chi connectivity index (χ1v) is 6.95. The summed E-state index contributed by atoms with van der Waals surface area (Å²) < 4.78 is 1.79. The van der Waals surface area contributed by atoms with E-state index in [0.29, 0.717) is 23.1 Å². The topological polar surface area (TPSA) is 69.9 Å². The first-order chi connectivity index (χ1) is 10.2. The van der Waals surface area contributed by atoms with Crippen molar-refractivity contribution in [2.24, 2.45) is 0 Å². The summed E-state index contributed by atoms with van der Waals surface area (Å²) in [5.41, 5.74) is 15.1. The fourth-order valence-corrected chi connectivity index (χ4v) is 2.53. The van der Waals surface area contributed by atoms with E-state index in [9.17, 15) is 0 Å². The molecule has 106 valence electrons. The van der Waals surface area contributed by atoms with Gasteiger partial charge in [0.15, 0.2) is 5.82 Å². The van der Waals surface area contributed by atoms with Crippen LogP contribution in [0.1, 0.15) is 5.56 Å². The Labute approximate surface area is 128 Å². The Morgan fingerprint density at radius 1 is 0.952 bits per heavy atom. The van der Waals surface area contributed by atoms with Crippen LogP contribution in [-0.2, 0) is 6.54 Å². The van der Waals surface area contributed by atoms with Crippen LogP contribution in [0.2, 0.25) is 5.02 Å². The van der Waals surface area contributed by atoms with E-state index in [-0.39, 0.29) is 0 Å². The summed E-state index contributed by atoms with van der Waals surface area (Å²) in [4.78, 5) is 0. The Balaban J connectivity index is 2.10. The lowest BCUT2D eigenvalue weighted by atomic mass is 10.1. The van der Waals surface area contributed by atoms with Crippen molar-refractivity contribution in [1.29, 1.82) is 0 Å². The van der Waals surface area contributed by atoms with E-state index in [1.165, 1.54) is 0 Å². The number of nitrogens with zero attached hydrogens (tertiary/aromatic N) is 2. The highest BCUT2D eigenvalue weighted by Gasteiger charge is 2.17. The van der Waals surface area contributed by atoms with E-state index < -0.39 is 0 Å². The molecule has 0 aliphatic heterocycles. The number of halogens is 1. The molecule has 4 nitrogen and oxygen atoms in total. The number of aromatic nitrogens is 2. The smallest absolute Gasteiger partial charge is 0.169 e. The van der Waals surface area contributed by atoms with E-state index in [4.69, 9.17) is 23.1 Å². The molecule has 0 aliphatic carbocycles. The van der Waals surface area contributed by atoms with Crippen molar-refractivity contribution in [3.05, 3.63) is 65.2 Å². The average molecular weight is 299 g/mol. The molecule has 0 fully saturated rings. The minimum Gasteiger partial charge on any atom is -0.394 e. The fraction of sp³-hybridized carbons (Fsp3) is 0.0625. The highest BCUT2D eigenvalue weighted by Crippen LogP contribution is 2.35. The van der Waals surface area contributed by atoms with Crippen molar-refractivity contribution in [1.82, 2.24) is 9.78 Å². The van der Waals surface area contributed by atoms with Crippen molar-refractivity contribution in [2.45, 2.75) is 6.54 Å². The summed E-state index contributed by atoms with van der Waals surface area (Å²) in [6.45, 7) is 0.586. The minimum atomic E-state index is 0.320. The molecular formula is C16H15ClN4. The summed E-state index contributed by atoms with van der Waals surface area (Å²) in [6.07, 6.45) is 0. The number of benzene rings is 2. The number of rotatable bonds is 3. The molecule has 0 saturated carbocycles. The predicted molar refractivity (Wildman–Crippen MR) is 87.0 cm³/mol. The molecule has 3 aromatic rings. The van der Waals surface area contributed by atoms with Gasteiger partial charge in [-0.1, -0.05) is 60.1 Å². The maximum atomic E-state index is 6.28. The quantitative estimate of drug-likeness (QED) is 0.778. The molecule has 0 radical (unpaired) electrons. The van der Waals surface area contributed by atoms with Crippen LogP contribution >= 0.6 is 11.6 Å². The number of nitrogen functional groups attached to an aromatic ring is 2. The third-order valence-electron chi connectivity index (χ3n) is 3.32. The Kier molecular flexibility index (Phi) is 3.54. The van der Waals surface area contributed by atoms with Gasteiger partial charge >= 0.3 is 0 Å². The third kappa shape index (κ3) is 2.58. The second kappa shape index (κ2) is 5.50. The van der Waals surface area contributed by atoms with Crippen LogP contribution in [0.5, 0.6) is 0 Å². The maximum Gasteiger partial charge on any atom is 0.169 e. The Morgan fingerprint density at radius 2 is 1.62 bits per heavy atom. The number of nitrogens with two attached hydrogens (primary N) is 2. The molecule has 0 bridgehead atoms. The van der Waals surface area contributed by atoms with Crippen LogP contribution in [-0.4, -0.2) is 9.78 Å². The lowest BCUT2D eigenvalue weighted by molar-refractivity contribution is 0.698. The van der Waals surface area contributed by atoms with Gasteiger partial charge in [0.05, 0.1) is 17.3 Å². The molecule has 2 aromatic carbocycles. The van der Waals surface area contributed by atoms with Gasteiger partial charge in [-0.05, 0) is 11.6 Å². The van der Waals surface area contributed by atoms with Gasteiger partial charge in [0.25, 0.3) is 0 Å². The molecule has 1 aromatic heterocycles. The molecule has 0 aliphatic rings. The Hall–Kier alpha value is -2.46. The summed E-state index contributed by atoms with van der Waals surface area (Å²) in [5.74, 6) is 0.320. The van der Waals surface area contributed by atoms with Crippen molar-refractivity contribution >= 4 is 23.1 Å². The van der Waals surface area contributed by atoms with Crippen molar-refractivity contribution in [2.75, 3.05) is 11.5 Å². The van der Waals surface area contributed by atoms with Gasteiger partial charge in [0.1, 0.15) is 5.69 Å². The van der Waals surface area contributed by atoms with Crippen LogP contribution in [0.3, 0.4) is 0 Å². The van der Waals surface area contributed by atoms with E-state index in [2.05, 4.69) is 5.10 Å². The van der Waals surface area contributed by atoms with Crippen molar-refractivity contribution in [3.63, 3.8) is 0 Å². The van der Waals surface area contributed by atoms with E-state index in [1.807, 2.05) is 54.6 Å².